The maximum Gasteiger partial charge on any atom is 0.138 e. The average Bonchev–Trinajstić information content (AvgIpc) is 2.55. The van der Waals surface area contributed by atoms with E-state index in [1.807, 2.05) is 26.0 Å². The van der Waals surface area contributed by atoms with E-state index < -0.39 is 0 Å². The van der Waals surface area contributed by atoms with E-state index in [1.165, 1.54) is 0 Å². The summed E-state index contributed by atoms with van der Waals surface area (Å²) in [6.45, 7) is 7.91. The zero-order valence-electron chi connectivity index (χ0n) is 15.2. The Morgan fingerprint density at radius 1 is 1.04 bits per heavy atom. The van der Waals surface area contributed by atoms with Crippen molar-refractivity contribution in [3.8, 4) is 17.6 Å². The number of phenols is 2. The van der Waals surface area contributed by atoms with Crippen molar-refractivity contribution in [1.82, 2.24) is 0 Å². The lowest BCUT2D eigenvalue weighted by Gasteiger charge is -2.17. The van der Waals surface area contributed by atoms with Crippen molar-refractivity contribution in [1.29, 1.82) is 5.26 Å². The number of phenolic OH excluding ortho intramolecular Hbond substituents is 2. The average molecular weight is 341 g/mol. The van der Waals surface area contributed by atoms with Gasteiger partial charge in [-0.25, -0.2) is 0 Å². The van der Waals surface area contributed by atoms with E-state index in [4.69, 9.17) is 16.1 Å². The zero-order valence-corrected chi connectivity index (χ0v) is 15.2. The molecule has 2 aromatic carbocycles. The number of rotatable bonds is 4. The van der Waals surface area contributed by atoms with Gasteiger partial charge < -0.3 is 21.3 Å². The van der Waals surface area contributed by atoms with Crippen molar-refractivity contribution in [3.63, 3.8) is 0 Å². The molecule has 2 rings (SSSR count). The third kappa shape index (κ3) is 6.27. The van der Waals surface area contributed by atoms with Crippen molar-refractivity contribution in [2.75, 3.05) is 11.1 Å². The summed E-state index contributed by atoms with van der Waals surface area (Å²) in [4.78, 5) is 0. The standard InChI is InChI=1S/C13H18N2O.C7H9NO/c1-9(2)7-11(8-14)15-13-10(3)5-4-6-12(13)16;1-5-3-2-4-6(9)7(5)8/h4-6,9,11,15-16H,7H2,1-3H3;2-4,9H,8H2,1H3. The maximum atomic E-state index is 9.70. The van der Waals surface area contributed by atoms with Gasteiger partial charge in [-0.1, -0.05) is 38.1 Å². The summed E-state index contributed by atoms with van der Waals surface area (Å²) in [7, 11) is 0. The summed E-state index contributed by atoms with van der Waals surface area (Å²) in [5.74, 6) is 0.808. The molecule has 1 atom stereocenters. The number of nitrogen functional groups attached to an aromatic ring is 1. The second kappa shape index (κ2) is 9.43. The van der Waals surface area contributed by atoms with Crippen LogP contribution < -0.4 is 11.1 Å². The fraction of sp³-hybridized carbons (Fsp3) is 0.350. The molecule has 5 nitrogen and oxygen atoms in total. The van der Waals surface area contributed by atoms with Crippen molar-refractivity contribution in [2.24, 2.45) is 5.92 Å². The van der Waals surface area contributed by atoms with Gasteiger partial charge in [0.2, 0.25) is 0 Å². The summed E-state index contributed by atoms with van der Waals surface area (Å²) in [5.41, 5.74) is 8.42. The number of benzene rings is 2. The first-order chi connectivity index (χ1) is 11.8. The van der Waals surface area contributed by atoms with Crippen LogP contribution >= 0.6 is 0 Å². The number of hydrogen-bond acceptors (Lipinski definition) is 5. The van der Waals surface area contributed by atoms with E-state index >= 15 is 0 Å². The van der Waals surface area contributed by atoms with Gasteiger partial charge in [0.05, 0.1) is 17.4 Å². The van der Waals surface area contributed by atoms with Crippen LogP contribution in [0.25, 0.3) is 0 Å². The molecule has 0 heterocycles. The van der Waals surface area contributed by atoms with Gasteiger partial charge in [-0.3, -0.25) is 0 Å². The lowest BCUT2D eigenvalue weighted by atomic mass is 10.0. The van der Waals surface area contributed by atoms with Crippen molar-refractivity contribution >= 4 is 11.4 Å². The number of para-hydroxylation sites is 2. The third-order valence-corrected chi connectivity index (χ3v) is 3.73. The fourth-order valence-electron chi connectivity index (χ4n) is 2.29. The van der Waals surface area contributed by atoms with Gasteiger partial charge in [-0.05, 0) is 49.4 Å². The maximum absolute atomic E-state index is 9.70. The summed E-state index contributed by atoms with van der Waals surface area (Å²) >= 11 is 0. The minimum atomic E-state index is -0.257. The Bertz CT molecular complexity index is 696. The SMILES string of the molecule is Cc1cccc(O)c1N.Cc1cccc(O)c1NC(C#N)CC(C)C. The van der Waals surface area contributed by atoms with E-state index in [1.54, 1.807) is 24.3 Å². The molecule has 5 heteroatoms. The van der Waals surface area contributed by atoms with Crippen LogP contribution in [0.4, 0.5) is 11.4 Å². The van der Waals surface area contributed by atoms with Crippen molar-refractivity contribution < 1.29 is 10.2 Å². The smallest absolute Gasteiger partial charge is 0.138 e. The largest absolute Gasteiger partial charge is 0.506 e. The van der Waals surface area contributed by atoms with Crippen LogP contribution in [0.1, 0.15) is 31.4 Å². The first kappa shape index (κ1) is 20.2. The van der Waals surface area contributed by atoms with E-state index in [-0.39, 0.29) is 17.5 Å². The third-order valence-electron chi connectivity index (χ3n) is 3.73. The molecular formula is C20H27N3O2. The molecule has 0 amide bonds. The first-order valence-corrected chi connectivity index (χ1v) is 8.25. The van der Waals surface area contributed by atoms with Crippen LogP contribution in [-0.4, -0.2) is 16.3 Å². The molecule has 0 aliphatic carbocycles. The van der Waals surface area contributed by atoms with Gasteiger partial charge >= 0.3 is 0 Å². The molecule has 0 saturated carbocycles. The van der Waals surface area contributed by atoms with Gasteiger partial charge in [-0.2, -0.15) is 5.26 Å². The summed E-state index contributed by atoms with van der Waals surface area (Å²) in [6, 6.07) is 12.5. The van der Waals surface area contributed by atoms with Crippen LogP contribution in [0.2, 0.25) is 0 Å². The monoisotopic (exact) mass is 341 g/mol. The molecule has 0 saturated heterocycles. The number of nitrogens with one attached hydrogen (secondary N) is 1. The topological polar surface area (TPSA) is 102 Å². The second-order valence-electron chi connectivity index (χ2n) is 6.43. The van der Waals surface area contributed by atoms with Gasteiger partial charge in [0.15, 0.2) is 0 Å². The molecule has 0 spiro atoms. The van der Waals surface area contributed by atoms with Crippen LogP contribution in [0.3, 0.4) is 0 Å². The fourth-order valence-corrected chi connectivity index (χ4v) is 2.29. The van der Waals surface area contributed by atoms with E-state index in [0.717, 1.165) is 17.5 Å². The molecule has 25 heavy (non-hydrogen) atoms. The Hall–Kier alpha value is -2.87. The first-order valence-electron chi connectivity index (χ1n) is 8.25. The highest BCUT2D eigenvalue weighted by Gasteiger charge is 2.12. The quantitative estimate of drug-likeness (QED) is 0.489. The Morgan fingerprint density at radius 2 is 1.60 bits per heavy atom. The van der Waals surface area contributed by atoms with E-state index in [0.29, 0.717) is 17.3 Å². The number of nitrogens with zero attached hydrogens (tertiary/aromatic N) is 1. The van der Waals surface area contributed by atoms with Crippen molar-refractivity contribution in [3.05, 3.63) is 47.5 Å². The predicted octanol–water partition coefficient (Wildman–Crippen LogP) is 4.33. The molecule has 1 unspecified atom stereocenters. The van der Waals surface area contributed by atoms with E-state index in [9.17, 15) is 5.11 Å². The Labute approximate surface area is 149 Å². The van der Waals surface area contributed by atoms with Crippen LogP contribution in [-0.2, 0) is 0 Å². The molecule has 0 bridgehead atoms. The van der Waals surface area contributed by atoms with Crippen molar-refractivity contribution in [2.45, 2.75) is 40.2 Å². The Kier molecular flexibility index (Phi) is 7.61. The molecule has 0 radical (unpaired) electrons. The van der Waals surface area contributed by atoms with Crippen LogP contribution in [0.5, 0.6) is 11.5 Å². The lowest BCUT2D eigenvalue weighted by Crippen LogP contribution is -2.20. The normalized spacial score (nSPS) is 11.2. The number of aromatic hydroxyl groups is 2. The zero-order chi connectivity index (χ0) is 19.0. The molecule has 5 N–H and O–H groups in total. The lowest BCUT2D eigenvalue weighted by molar-refractivity contribution is 0.475. The minimum absolute atomic E-state index is 0.162. The van der Waals surface area contributed by atoms with E-state index in [2.05, 4.69) is 25.2 Å². The van der Waals surface area contributed by atoms with Gasteiger partial charge in [0.1, 0.15) is 17.5 Å². The molecular weight excluding hydrogens is 314 g/mol. The van der Waals surface area contributed by atoms with Gasteiger partial charge in [0, 0.05) is 0 Å². The molecule has 0 aliphatic heterocycles. The molecule has 0 aliphatic rings. The molecule has 0 aromatic heterocycles. The number of aryl methyl sites for hydroxylation is 2. The van der Waals surface area contributed by atoms with Crippen LogP contribution in [0.15, 0.2) is 36.4 Å². The van der Waals surface area contributed by atoms with Gasteiger partial charge in [0.25, 0.3) is 0 Å². The van der Waals surface area contributed by atoms with Gasteiger partial charge in [-0.15, -0.1) is 0 Å². The second-order valence-corrected chi connectivity index (χ2v) is 6.43. The highest BCUT2D eigenvalue weighted by Crippen LogP contribution is 2.27. The summed E-state index contributed by atoms with van der Waals surface area (Å²) in [5, 5.41) is 30.8. The number of anilines is 2. The number of nitriles is 1. The molecule has 134 valence electrons. The number of hydrogen-bond donors (Lipinski definition) is 4. The Morgan fingerprint density at radius 3 is 2.04 bits per heavy atom. The summed E-state index contributed by atoms with van der Waals surface area (Å²) in [6.07, 6.45) is 0.768. The number of nitrogens with two attached hydrogens (primary N) is 1. The van der Waals surface area contributed by atoms with Crippen LogP contribution in [0, 0.1) is 31.1 Å². The summed E-state index contributed by atoms with van der Waals surface area (Å²) < 4.78 is 0. The minimum Gasteiger partial charge on any atom is -0.506 e. The highest BCUT2D eigenvalue weighted by atomic mass is 16.3. The Balaban J connectivity index is 0.000000293. The molecule has 0 fully saturated rings. The highest BCUT2D eigenvalue weighted by molar-refractivity contribution is 5.62. The predicted molar refractivity (Wildman–Crippen MR) is 103 cm³/mol. The molecule has 2 aromatic rings.